The van der Waals surface area contributed by atoms with E-state index in [1.165, 1.54) is 23.3 Å². The van der Waals surface area contributed by atoms with Gasteiger partial charge in [0.25, 0.3) is 0 Å². The monoisotopic (exact) mass is 277 g/mol. The van der Waals surface area contributed by atoms with E-state index in [1.807, 2.05) is 6.92 Å². The molecule has 8 heteroatoms. The van der Waals surface area contributed by atoms with Crippen LogP contribution in [0.3, 0.4) is 0 Å². The average molecular weight is 277 g/mol. The number of hydrogen-bond acceptors (Lipinski definition) is 6. The number of anilines is 1. The smallest absolute Gasteiger partial charge is 0.330 e. The largest absolute Gasteiger partial charge is 0.479 e. The van der Waals surface area contributed by atoms with Crippen LogP contribution in [0.25, 0.3) is 0 Å². The van der Waals surface area contributed by atoms with Crippen LogP contribution < -0.4 is 10.1 Å². The molecule has 0 saturated heterocycles. The second-order valence-electron chi connectivity index (χ2n) is 4.04. The average Bonchev–Trinajstić information content (AvgIpc) is 2.83. The summed E-state index contributed by atoms with van der Waals surface area (Å²) in [6, 6.07) is -0.949. The van der Waals surface area contributed by atoms with Crippen molar-refractivity contribution in [3.63, 3.8) is 0 Å². The summed E-state index contributed by atoms with van der Waals surface area (Å²) in [5, 5.41) is 16.1. The summed E-state index contributed by atoms with van der Waals surface area (Å²) in [7, 11) is 1.72. The van der Waals surface area contributed by atoms with Gasteiger partial charge in [-0.25, -0.2) is 4.79 Å². The van der Waals surface area contributed by atoms with Crippen molar-refractivity contribution in [3.05, 3.63) is 30.4 Å². The Morgan fingerprint density at radius 1 is 1.50 bits per heavy atom. The molecule has 0 aliphatic carbocycles. The molecular weight excluding hydrogens is 262 g/mol. The molecule has 2 aromatic heterocycles. The van der Waals surface area contributed by atoms with Gasteiger partial charge in [0.1, 0.15) is 5.82 Å². The first-order valence-corrected chi connectivity index (χ1v) is 6.03. The first-order chi connectivity index (χ1) is 9.60. The highest BCUT2D eigenvalue weighted by molar-refractivity contribution is 5.78. The van der Waals surface area contributed by atoms with Gasteiger partial charge in [0.15, 0.2) is 6.04 Å². The number of carboxylic acid groups (broad SMARTS) is 1. The molecule has 0 saturated carbocycles. The zero-order valence-electron chi connectivity index (χ0n) is 11.1. The molecule has 2 rings (SSSR count). The van der Waals surface area contributed by atoms with Crippen LogP contribution in [-0.4, -0.2) is 37.4 Å². The maximum atomic E-state index is 11.3. The number of carboxylic acids is 1. The minimum Gasteiger partial charge on any atom is -0.479 e. The van der Waals surface area contributed by atoms with Gasteiger partial charge < -0.3 is 15.2 Å². The quantitative estimate of drug-likeness (QED) is 0.806. The lowest BCUT2D eigenvalue weighted by molar-refractivity contribution is -0.138. The molecule has 0 radical (unpaired) electrons. The fourth-order valence-corrected chi connectivity index (χ4v) is 1.66. The van der Waals surface area contributed by atoms with Crippen LogP contribution in [-0.2, 0) is 11.8 Å². The number of aryl methyl sites for hydroxylation is 1. The Hall–Kier alpha value is -2.64. The van der Waals surface area contributed by atoms with E-state index >= 15 is 0 Å². The summed E-state index contributed by atoms with van der Waals surface area (Å²) in [5.41, 5.74) is 0.531. The van der Waals surface area contributed by atoms with Crippen molar-refractivity contribution < 1.29 is 14.6 Å². The SMILES string of the molecule is CCOc1cncc(NC(C(=O)O)c2cnn(C)c2)n1. The van der Waals surface area contributed by atoms with Gasteiger partial charge in [-0.2, -0.15) is 10.1 Å². The number of ether oxygens (including phenoxy) is 1. The summed E-state index contributed by atoms with van der Waals surface area (Å²) >= 11 is 0. The fourth-order valence-electron chi connectivity index (χ4n) is 1.66. The number of nitrogens with one attached hydrogen (secondary N) is 1. The number of nitrogens with zero attached hydrogens (tertiary/aromatic N) is 4. The zero-order chi connectivity index (χ0) is 14.5. The van der Waals surface area contributed by atoms with Crippen molar-refractivity contribution in [2.45, 2.75) is 13.0 Å². The Labute approximate surface area is 115 Å². The predicted molar refractivity (Wildman–Crippen MR) is 70.4 cm³/mol. The zero-order valence-corrected chi connectivity index (χ0v) is 11.1. The van der Waals surface area contributed by atoms with E-state index in [0.29, 0.717) is 23.9 Å². The van der Waals surface area contributed by atoms with E-state index in [-0.39, 0.29) is 0 Å². The second-order valence-corrected chi connectivity index (χ2v) is 4.04. The van der Waals surface area contributed by atoms with Crippen LogP contribution in [0.15, 0.2) is 24.8 Å². The number of hydrogen-bond donors (Lipinski definition) is 2. The molecule has 0 bridgehead atoms. The normalized spacial score (nSPS) is 11.9. The van der Waals surface area contributed by atoms with Crippen molar-refractivity contribution in [1.29, 1.82) is 0 Å². The lowest BCUT2D eigenvalue weighted by Gasteiger charge is -2.13. The van der Waals surface area contributed by atoms with Crippen molar-refractivity contribution in [1.82, 2.24) is 19.7 Å². The molecule has 2 aromatic rings. The van der Waals surface area contributed by atoms with E-state index in [9.17, 15) is 9.90 Å². The number of aliphatic carboxylic acids is 1. The van der Waals surface area contributed by atoms with E-state index in [4.69, 9.17) is 4.74 Å². The topological polar surface area (TPSA) is 102 Å². The van der Waals surface area contributed by atoms with E-state index in [0.717, 1.165) is 0 Å². The van der Waals surface area contributed by atoms with E-state index in [1.54, 1.807) is 13.2 Å². The van der Waals surface area contributed by atoms with Crippen molar-refractivity contribution in [2.24, 2.45) is 7.05 Å². The lowest BCUT2D eigenvalue weighted by atomic mass is 10.1. The van der Waals surface area contributed by atoms with Crippen LogP contribution in [0.5, 0.6) is 5.88 Å². The molecule has 0 aliphatic heterocycles. The van der Waals surface area contributed by atoms with Gasteiger partial charge in [-0.3, -0.25) is 9.67 Å². The van der Waals surface area contributed by atoms with Crippen LogP contribution >= 0.6 is 0 Å². The molecule has 0 spiro atoms. The Balaban J connectivity index is 2.20. The minimum atomic E-state index is -1.03. The molecule has 20 heavy (non-hydrogen) atoms. The standard InChI is InChI=1S/C12H15N5O3/c1-3-20-10-6-13-5-9(15-10)16-11(12(18)19)8-4-14-17(2)7-8/h4-7,11H,3H2,1-2H3,(H,15,16)(H,18,19). The Kier molecular flexibility index (Phi) is 4.14. The Bertz CT molecular complexity index is 598. The molecule has 106 valence electrons. The summed E-state index contributed by atoms with van der Waals surface area (Å²) in [4.78, 5) is 19.4. The van der Waals surface area contributed by atoms with E-state index in [2.05, 4.69) is 20.4 Å². The highest BCUT2D eigenvalue weighted by Gasteiger charge is 2.21. The van der Waals surface area contributed by atoms with Gasteiger partial charge >= 0.3 is 5.97 Å². The maximum Gasteiger partial charge on any atom is 0.330 e. The van der Waals surface area contributed by atoms with Crippen molar-refractivity contribution in [2.75, 3.05) is 11.9 Å². The van der Waals surface area contributed by atoms with Gasteiger partial charge in [0.05, 0.1) is 25.2 Å². The molecule has 2 heterocycles. The minimum absolute atomic E-state index is 0.326. The molecule has 0 fully saturated rings. The summed E-state index contributed by atoms with van der Waals surface area (Å²) in [6.07, 6.45) is 6.03. The van der Waals surface area contributed by atoms with Crippen molar-refractivity contribution in [3.8, 4) is 5.88 Å². The van der Waals surface area contributed by atoms with E-state index < -0.39 is 12.0 Å². The number of rotatable bonds is 6. The van der Waals surface area contributed by atoms with Crippen LogP contribution in [0, 0.1) is 0 Å². The molecule has 1 unspecified atom stereocenters. The first-order valence-electron chi connectivity index (χ1n) is 6.03. The van der Waals surface area contributed by atoms with Gasteiger partial charge in [-0.15, -0.1) is 0 Å². The lowest BCUT2D eigenvalue weighted by Crippen LogP contribution is -2.20. The van der Waals surface area contributed by atoms with Gasteiger partial charge in [0.2, 0.25) is 5.88 Å². The predicted octanol–water partition coefficient (Wildman–Crippen LogP) is 0.847. The Morgan fingerprint density at radius 3 is 2.90 bits per heavy atom. The second kappa shape index (κ2) is 6.00. The fraction of sp³-hybridized carbons (Fsp3) is 0.333. The van der Waals surface area contributed by atoms with Crippen LogP contribution in [0.1, 0.15) is 18.5 Å². The molecule has 2 N–H and O–H groups in total. The third-order valence-corrected chi connectivity index (χ3v) is 2.50. The van der Waals surface area contributed by atoms with Crippen LogP contribution in [0.2, 0.25) is 0 Å². The summed E-state index contributed by atoms with van der Waals surface area (Å²) in [6.45, 7) is 2.29. The number of carbonyl (C=O) groups is 1. The molecule has 1 atom stereocenters. The van der Waals surface area contributed by atoms with Gasteiger partial charge in [0, 0.05) is 18.8 Å². The number of aromatic nitrogens is 4. The van der Waals surface area contributed by atoms with Crippen LogP contribution in [0.4, 0.5) is 5.82 Å². The Morgan fingerprint density at radius 2 is 2.30 bits per heavy atom. The highest BCUT2D eigenvalue weighted by atomic mass is 16.5. The first kappa shape index (κ1) is 13.8. The molecule has 0 aliphatic rings. The van der Waals surface area contributed by atoms with Gasteiger partial charge in [-0.05, 0) is 6.92 Å². The highest BCUT2D eigenvalue weighted by Crippen LogP contribution is 2.19. The third kappa shape index (κ3) is 3.22. The maximum absolute atomic E-state index is 11.3. The molecule has 0 aromatic carbocycles. The molecule has 0 amide bonds. The van der Waals surface area contributed by atoms with Gasteiger partial charge in [-0.1, -0.05) is 0 Å². The molecular formula is C12H15N5O3. The summed E-state index contributed by atoms with van der Waals surface area (Å²) < 4.78 is 6.76. The summed E-state index contributed by atoms with van der Waals surface area (Å²) in [5.74, 6) is -0.360. The molecule has 8 nitrogen and oxygen atoms in total. The van der Waals surface area contributed by atoms with Crippen molar-refractivity contribution >= 4 is 11.8 Å². The third-order valence-electron chi connectivity index (χ3n) is 2.50.